The molecule has 20 heavy (non-hydrogen) atoms. The van der Waals surface area contributed by atoms with Gasteiger partial charge in [-0.05, 0) is 12.5 Å². The van der Waals surface area contributed by atoms with Gasteiger partial charge in [-0.15, -0.1) is 11.3 Å². The molecule has 3 nitrogen and oxygen atoms in total. The molecule has 0 aliphatic carbocycles. The topological polar surface area (TPSA) is 37.8 Å². The molecule has 6 heteroatoms. The number of halogens is 2. The molecule has 2 rings (SSSR count). The van der Waals surface area contributed by atoms with Gasteiger partial charge in [-0.1, -0.05) is 44.0 Å². The largest absolute Gasteiger partial charge is 0.310 e. The number of rotatable bonds is 5. The molecule has 0 amide bonds. The molecule has 0 unspecified atom stereocenters. The highest BCUT2D eigenvalue weighted by Crippen LogP contribution is 2.32. The van der Waals surface area contributed by atoms with E-state index in [0.717, 1.165) is 23.7 Å². The van der Waals surface area contributed by atoms with Gasteiger partial charge in [0.2, 0.25) is 0 Å². The average Bonchev–Trinajstić information content (AvgIpc) is 2.79. The Bertz CT molecular complexity index is 596. The molecule has 0 spiro atoms. The third-order valence-electron chi connectivity index (χ3n) is 2.79. The molecular formula is C14H17Cl2N3S. The predicted molar refractivity (Wildman–Crippen MR) is 86.7 cm³/mol. The molecule has 1 N–H and O–H groups in total. The van der Waals surface area contributed by atoms with E-state index in [2.05, 4.69) is 36.1 Å². The Morgan fingerprint density at radius 3 is 2.70 bits per heavy atom. The van der Waals surface area contributed by atoms with Crippen LogP contribution in [0.25, 0.3) is 10.7 Å². The highest BCUT2D eigenvalue weighted by atomic mass is 35.5. The Morgan fingerprint density at radius 1 is 1.35 bits per heavy atom. The van der Waals surface area contributed by atoms with Crippen molar-refractivity contribution in [2.75, 3.05) is 0 Å². The Kier molecular flexibility index (Phi) is 5.38. The summed E-state index contributed by atoms with van der Waals surface area (Å²) in [5.74, 6) is 0. The van der Waals surface area contributed by atoms with E-state index in [0.29, 0.717) is 21.8 Å². The van der Waals surface area contributed by atoms with Crippen molar-refractivity contribution in [3.8, 4) is 10.7 Å². The molecule has 0 aliphatic heterocycles. The van der Waals surface area contributed by atoms with E-state index in [1.54, 1.807) is 23.6 Å². The van der Waals surface area contributed by atoms with Gasteiger partial charge in [0.1, 0.15) is 10.7 Å². The lowest BCUT2D eigenvalue weighted by molar-refractivity contribution is 0.590. The summed E-state index contributed by atoms with van der Waals surface area (Å²) in [6.07, 6.45) is 2.50. The van der Waals surface area contributed by atoms with Crippen LogP contribution in [0.4, 0.5) is 0 Å². The van der Waals surface area contributed by atoms with Crippen LogP contribution in [-0.4, -0.2) is 16.0 Å². The molecule has 2 aromatic heterocycles. The van der Waals surface area contributed by atoms with Gasteiger partial charge in [0.25, 0.3) is 0 Å². The van der Waals surface area contributed by atoms with Crippen molar-refractivity contribution in [2.45, 2.75) is 39.8 Å². The SMILES string of the molecule is CCc1nc(-c2ncc(Cl)cc2Cl)sc1CNC(C)C. The number of nitrogens with one attached hydrogen (secondary N) is 1. The number of aromatic nitrogens is 2. The number of nitrogens with zero attached hydrogens (tertiary/aromatic N) is 2. The average molecular weight is 330 g/mol. The van der Waals surface area contributed by atoms with Gasteiger partial charge in [0.15, 0.2) is 0 Å². The van der Waals surface area contributed by atoms with Crippen LogP contribution in [0, 0.1) is 0 Å². The number of aryl methyl sites for hydroxylation is 1. The lowest BCUT2D eigenvalue weighted by Crippen LogP contribution is -2.21. The summed E-state index contributed by atoms with van der Waals surface area (Å²) in [5.41, 5.74) is 1.80. The zero-order valence-corrected chi connectivity index (χ0v) is 14.0. The maximum atomic E-state index is 6.20. The minimum absolute atomic E-state index is 0.447. The second-order valence-corrected chi connectivity index (χ2v) is 6.69. The second kappa shape index (κ2) is 6.85. The van der Waals surface area contributed by atoms with Crippen molar-refractivity contribution in [1.29, 1.82) is 0 Å². The fourth-order valence-electron chi connectivity index (χ4n) is 1.77. The Balaban J connectivity index is 2.33. The summed E-state index contributed by atoms with van der Waals surface area (Å²) in [5, 5.41) is 5.35. The molecule has 0 aliphatic rings. The number of thiazole rings is 1. The van der Waals surface area contributed by atoms with E-state index in [9.17, 15) is 0 Å². The second-order valence-electron chi connectivity index (χ2n) is 4.76. The van der Waals surface area contributed by atoms with Gasteiger partial charge in [-0.3, -0.25) is 4.98 Å². The summed E-state index contributed by atoms with van der Waals surface area (Å²) < 4.78 is 0. The molecule has 2 aromatic rings. The summed E-state index contributed by atoms with van der Waals surface area (Å²) in [6, 6.07) is 2.15. The van der Waals surface area contributed by atoms with Gasteiger partial charge < -0.3 is 5.32 Å². The maximum absolute atomic E-state index is 6.20. The lowest BCUT2D eigenvalue weighted by atomic mass is 10.3. The Morgan fingerprint density at radius 2 is 2.10 bits per heavy atom. The van der Waals surface area contributed by atoms with Crippen LogP contribution in [0.2, 0.25) is 10.0 Å². The van der Waals surface area contributed by atoms with Gasteiger partial charge in [-0.2, -0.15) is 0 Å². The first kappa shape index (κ1) is 15.7. The first-order chi connectivity index (χ1) is 9.51. The molecule has 0 aromatic carbocycles. The van der Waals surface area contributed by atoms with E-state index in [4.69, 9.17) is 23.2 Å². The predicted octanol–water partition coefficient (Wildman–Crippen LogP) is 4.57. The van der Waals surface area contributed by atoms with Gasteiger partial charge in [0, 0.05) is 23.7 Å². The van der Waals surface area contributed by atoms with Crippen molar-refractivity contribution < 1.29 is 0 Å². The maximum Gasteiger partial charge on any atom is 0.143 e. The van der Waals surface area contributed by atoms with Gasteiger partial charge >= 0.3 is 0 Å². The highest BCUT2D eigenvalue weighted by Gasteiger charge is 2.15. The molecule has 0 saturated carbocycles. The van der Waals surface area contributed by atoms with Crippen molar-refractivity contribution >= 4 is 34.5 Å². The van der Waals surface area contributed by atoms with Crippen molar-refractivity contribution in [2.24, 2.45) is 0 Å². The molecule has 0 atom stereocenters. The van der Waals surface area contributed by atoms with E-state index in [1.807, 2.05) is 0 Å². The van der Waals surface area contributed by atoms with E-state index < -0.39 is 0 Å². The highest BCUT2D eigenvalue weighted by molar-refractivity contribution is 7.15. The standard InChI is InChI=1S/C14H17Cl2N3S/c1-4-11-12(7-17-8(2)3)20-14(19-11)13-10(16)5-9(15)6-18-13/h5-6,8,17H,4,7H2,1-3H3. The molecule has 0 bridgehead atoms. The number of pyridine rings is 1. The molecular weight excluding hydrogens is 313 g/mol. The summed E-state index contributed by atoms with van der Waals surface area (Å²) in [6.45, 7) is 7.19. The van der Waals surface area contributed by atoms with Crippen molar-refractivity contribution in [3.63, 3.8) is 0 Å². The van der Waals surface area contributed by atoms with Gasteiger partial charge in [0.05, 0.1) is 15.7 Å². The summed E-state index contributed by atoms with van der Waals surface area (Å²) in [7, 11) is 0. The van der Waals surface area contributed by atoms with Crippen LogP contribution in [0.3, 0.4) is 0 Å². The van der Waals surface area contributed by atoms with Crippen LogP contribution in [-0.2, 0) is 13.0 Å². The van der Waals surface area contributed by atoms with Crippen LogP contribution in [0.1, 0.15) is 31.3 Å². The molecule has 0 fully saturated rings. The van der Waals surface area contributed by atoms with Crippen LogP contribution in [0.5, 0.6) is 0 Å². The van der Waals surface area contributed by atoms with Gasteiger partial charge in [-0.25, -0.2) is 4.98 Å². The third kappa shape index (κ3) is 3.70. The molecule has 0 radical (unpaired) electrons. The van der Waals surface area contributed by atoms with Crippen molar-refractivity contribution in [1.82, 2.24) is 15.3 Å². The summed E-state index contributed by atoms with van der Waals surface area (Å²) in [4.78, 5) is 10.2. The quantitative estimate of drug-likeness (QED) is 0.872. The third-order valence-corrected chi connectivity index (χ3v) is 4.39. The number of hydrogen-bond donors (Lipinski definition) is 1. The van der Waals surface area contributed by atoms with E-state index in [1.165, 1.54) is 4.88 Å². The Hall–Kier alpha value is -0.680. The number of hydrogen-bond acceptors (Lipinski definition) is 4. The zero-order chi connectivity index (χ0) is 14.7. The first-order valence-electron chi connectivity index (χ1n) is 6.54. The fraction of sp³-hybridized carbons (Fsp3) is 0.429. The van der Waals surface area contributed by atoms with Crippen LogP contribution in [0.15, 0.2) is 12.3 Å². The smallest absolute Gasteiger partial charge is 0.143 e. The molecule has 2 heterocycles. The first-order valence-corrected chi connectivity index (χ1v) is 8.11. The van der Waals surface area contributed by atoms with Crippen LogP contribution < -0.4 is 5.32 Å². The Labute approximate surface area is 133 Å². The normalized spacial score (nSPS) is 11.3. The van der Waals surface area contributed by atoms with E-state index >= 15 is 0 Å². The monoisotopic (exact) mass is 329 g/mol. The molecule has 108 valence electrons. The minimum Gasteiger partial charge on any atom is -0.310 e. The molecule has 0 saturated heterocycles. The van der Waals surface area contributed by atoms with E-state index in [-0.39, 0.29) is 0 Å². The fourth-order valence-corrected chi connectivity index (χ4v) is 3.41. The lowest BCUT2D eigenvalue weighted by Gasteiger charge is -2.06. The zero-order valence-electron chi connectivity index (χ0n) is 11.7. The van der Waals surface area contributed by atoms with Crippen molar-refractivity contribution in [3.05, 3.63) is 32.9 Å². The summed E-state index contributed by atoms with van der Waals surface area (Å²) >= 11 is 13.7. The van der Waals surface area contributed by atoms with Crippen LogP contribution >= 0.6 is 34.5 Å². The minimum atomic E-state index is 0.447.